The lowest BCUT2D eigenvalue weighted by Crippen LogP contribution is -2.38. The molecule has 1 aromatic carbocycles. The van der Waals surface area contributed by atoms with Gasteiger partial charge in [-0.1, -0.05) is 6.07 Å². The molecule has 1 aliphatic heterocycles. The van der Waals surface area contributed by atoms with Crippen LogP contribution in [0.15, 0.2) is 18.2 Å². The summed E-state index contributed by atoms with van der Waals surface area (Å²) in [6, 6.07) is 3.68. The van der Waals surface area contributed by atoms with Crippen molar-refractivity contribution >= 4 is 10.8 Å². The van der Waals surface area contributed by atoms with Gasteiger partial charge in [0, 0.05) is 34.9 Å². The van der Waals surface area contributed by atoms with Gasteiger partial charge in [0.15, 0.2) is 0 Å². The molecule has 0 bridgehead atoms. The Morgan fingerprint density at radius 1 is 1.32 bits per heavy atom. The molecule has 1 aliphatic rings. The van der Waals surface area contributed by atoms with E-state index in [-0.39, 0.29) is 18.2 Å². The lowest BCUT2D eigenvalue weighted by Gasteiger charge is -2.24. The van der Waals surface area contributed by atoms with Crippen molar-refractivity contribution < 1.29 is 18.1 Å². The lowest BCUT2D eigenvalue weighted by atomic mass is 10.1. The summed E-state index contributed by atoms with van der Waals surface area (Å²) in [6.07, 6.45) is 0.312. The van der Waals surface area contributed by atoms with Gasteiger partial charge in [-0.2, -0.15) is 0 Å². The molecule has 0 saturated carbocycles. The van der Waals surface area contributed by atoms with Crippen LogP contribution in [-0.2, 0) is 10.8 Å². The van der Waals surface area contributed by atoms with Crippen LogP contribution in [-0.4, -0.2) is 33.4 Å². The minimum Gasteiger partial charge on any atom is -0.387 e. The molecule has 2 rings (SSSR count). The Balaban J connectivity index is 1.91. The highest BCUT2D eigenvalue weighted by atomic mass is 32.2. The summed E-state index contributed by atoms with van der Waals surface area (Å²) in [5.41, 5.74) is -0.297. The molecule has 106 valence electrons. The summed E-state index contributed by atoms with van der Waals surface area (Å²) in [5, 5.41) is 12.9. The normalized spacial score (nSPS) is 25.2. The van der Waals surface area contributed by atoms with Gasteiger partial charge in [-0.3, -0.25) is 4.21 Å². The van der Waals surface area contributed by atoms with Crippen LogP contribution in [0.1, 0.15) is 24.5 Å². The molecule has 1 unspecified atom stereocenters. The summed E-state index contributed by atoms with van der Waals surface area (Å²) >= 11 is 0. The first kappa shape index (κ1) is 14.6. The van der Waals surface area contributed by atoms with E-state index in [1.54, 1.807) is 0 Å². The number of hydrogen-bond acceptors (Lipinski definition) is 3. The summed E-state index contributed by atoms with van der Waals surface area (Å²) in [5.74, 6) is -0.193. The van der Waals surface area contributed by atoms with Gasteiger partial charge in [0.2, 0.25) is 0 Å². The number of aliphatic hydroxyl groups is 1. The predicted octanol–water partition coefficient (Wildman–Crippen LogP) is 1.50. The third-order valence-corrected chi connectivity index (χ3v) is 4.70. The molecular weight excluding hydrogens is 272 g/mol. The Morgan fingerprint density at radius 3 is 2.47 bits per heavy atom. The predicted molar refractivity (Wildman–Crippen MR) is 70.2 cm³/mol. The van der Waals surface area contributed by atoms with E-state index in [0.29, 0.717) is 11.5 Å². The summed E-state index contributed by atoms with van der Waals surface area (Å²) in [4.78, 5) is 0. The van der Waals surface area contributed by atoms with E-state index >= 15 is 0 Å². The average molecular weight is 289 g/mol. The Morgan fingerprint density at radius 2 is 1.89 bits per heavy atom. The molecule has 6 heteroatoms. The topological polar surface area (TPSA) is 49.3 Å². The van der Waals surface area contributed by atoms with Crippen LogP contribution in [0, 0.1) is 11.6 Å². The first-order chi connectivity index (χ1) is 9.08. The number of nitrogens with one attached hydrogen (secondary N) is 1. The second kappa shape index (κ2) is 6.54. The molecule has 1 saturated heterocycles. The maximum Gasteiger partial charge on any atom is 0.131 e. The molecule has 1 fully saturated rings. The molecule has 0 spiro atoms. The third-order valence-electron chi connectivity index (χ3n) is 3.32. The van der Waals surface area contributed by atoms with E-state index in [1.165, 1.54) is 6.07 Å². The number of halogens is 2. The quantitative estimate of drug-likeness (QED) is 0.883. The van der Waals surface area contributed by atoms with Gasteiger partial charge in [0.1, 0.15) is 11.6 Å². The fraction of sp³-hybridized carbons (Fsp3) is 0.538. The summed E-state index contributed by atoms with van der Waals surface area (Å²) in [6.45, 7) is 0.0924. The van der Waals surface area contributed by atoms with Crippen molar-refractivity contribution in [3.63, 3.8) is 0 Å². The lowest BCUT2D eigenvalue weighted by molar-refractivity contribution is 0.159. The van der Waals surface area contributed by atoms with Gasteiger partial charge in [-0.15, -0.1) is 0 Å². The zero-order valence-electron chi connectivity index (χ0n) is 10.4. The second-order valence-electron chi connectivity index (χ2n) is 4.68. The van der Waals surface area contributed by atoms with E-state index in [4.69, 9.17) is 0 Å². The maximum absolute atomic E-state index is 13.4. The molecule has 3 nitrogen and oxygen atoms in total. The molecule has 19 heavy (non-hydrogen) atoms. The molecule has 1 atom stereocenters. The van der Waals surface area contributed by atoms with E-state index in [0.717, 1.165) is 25.0 Å². The minimum atomic E-state index is -1.21. The molecule has 1 heterocycles. The van der Waals surface area contributed by atoms with Gasteiger partial charge < -0.3 is 10.4 Å². The van der Waals surface area contributed by atoms with Crippen LogP contribution in [0.2, 0.25) is 0 Å². The Kier molecular flexibility index (Phi) is 5.01. The zero-order chi connectivity index (χ0) is 13.8. The van der Waals surface area contributed by atoms with Crippen LogP contribution >= 0.6 is 0 Å². The first-order valence-corrected chi connectivity index (χ1v) is 7.77. The van der Waals surface area contributed by atoms with Crippen LogP contribution in [0.5, 0.6) is 0 Å². The molecule has 0 radical (unpaired) electrons. The minimum absolute atomic E-state index is 0.0924. The standard InChI is InChI=1S/C13H17F2NO2S/c14-10-2-1-3-11(15)13(10)12(17)8-16-9-4-6-19(18)7-5-9/h1-3,9,12,16-17H,4-8H2. The van der Waals surface area contributed by atoms with Crippen LogP contribution in [0.4, 0.5) is 8.78 Å². The first-order valence-electron chi connectivity index (χ1n) is 6.28. The number of rotatable bonds is 4. The van der Waals surface area contributed by atoms with E-state index in [2.05, 4.69) is 5.32 Å². The Labute approximate surface area is 113 Å². The fourth-order valence-electron chi connectivity index (χ4n) is 2.21. The highest BCUT2D eigenvalue weighted by Gasteiger charge is 2.21. The highest BCUT2D eigenvalue weighted by molar-refractivity contribution is 7.85. The molecule has 0 aliphatic carbocycles. The number of hydrogen-bond donors (Lipinski definition) is 2. The zero-order valence-corrected chi connectivity index (χ0v) is 11.3. The van der Waals surface area contributed by atoms with Crippen molar-refractivity contribution in [3.8, 4) is 0 Å². The number of benzene rings is 1. The van der Waals surface area contributed by atoms with Gasteiger partial charge in [0.05, 0.1) is 11.7 Å². The van der Waals surface area contributed by atoms with Crippen LogP contribution < -0.4 is 5.32 Å². The van der Waals surface area contributed by atoms with Gasteiger partial charge >= 0.3 is 0 Å². The summed E-state index contributed by atoms with van der Waals surface area (Å²) < 4.78 is 38.1. The van der Waals surface area contributed by atoms with Gasteiger partial charge in [-0.05, 0) is 25.0 Å². The van der Waals surface area contributed by atoms with Crippen molar-refractivity contribution in [2.45, 2.75) is 25.0 Å². The largest absolute Gasteiger partial charge is 0.387 e. The monoisotopic (exact) mass is 289 g/mol. The van der Waals surface area contributed by atoms with Gasteiger partial charge in [-0.25, -0.2) is 8.78 Å². The highest BCUT2D eigenvalue weighted by Crippen LogP contribution is 2.20. The van der Waals surface area contributed by atoms with Crippen LogP contribution in [0.3, 0.4) is 0 Å². The van der Waals surface area contributed by atoms with Gasteiger partial charge in [0.25, 0.3) is 0 Å². The van der Waals surface area contributed by atoms with E-state index in [1.807, 2.05) is 0 Å². The molecule has 0 amide bonds. The maximum atomic E-state index is 13.4. The average Bonchev–Trinajstić information content (AvgIpc) is 2.38. The van der Waals surface area contributed by atoms with E-state index < -0.39 is 28.5 Å². The summed E-state index contributed by atoms with van der Waals surface area (Å²) in [7, 11) is -0.741. The van der Waals surface area contributed by atoms with Crippen molar-refractivity contribution in [2.75, 3.05) is 18.1 Å². The van der Waals surface area contributed by atoms with Crippen molar-refractivity contribution in [2.24, 2.45) is 0 Å². The van der Waals surface area contributed by atoms with E-state index in [9.17, 15) is 18.1 Å². The molecule has 2 N–H and O–H groups in total. The molecule has 0 aromatic heterocycles. The smallest absolute Gasteiger partial charge is 0.131 e. The fourth-order valence-corrected chi connectivity index (χ4v) is 3.51. The third kappa shape index (κ3) is 3.81. The van der Waals surface area contributed by atoms with Crippen molar-refractivity contribution in [1.29, 1.82) is 0 Å². The number of aliphatic hydroxyl groups excluding tert-OH is 1. The van der Waals surface area contributed by atoms with Crippen molar-refractivity contribution in [3.05, 3.63) is 35.4 Å². The Hall–Kier alpha value is -0.850. The Bertz CT molecular complexity index is 440. The van der Waals surface area contributed by atoms with Crippen molar-refractivity contribution in [1.82, 2.24) is 5.32 Å². The molecular formula is C13H17F2NO2S. The second-order valence-corrected chi connectivity index (χ2v) is 6.38. The van der Waals surface area contributed by atoms with Crippen LogP contribution in [0.25, 0.3) is 0 Å². The molecule has 1 aromatic rings. The SMILES string of the molecule is O=S1CCC(NCC(O)c2c(F)cccc2F)CC1.